The van der Waals surface area contributed by atoms with Gasteiger partial charge in [0.1, 0.15) is 17.4 Å². The first-order valence-corrected chi connectivity index (χ1v) is 12.8. The van der Waals surface area contributed by atoms with Crippen LogP contribution < -0.4 is 20.3 Å². The zero-order valence-electron chi connectivity index (χ0n) is 20.7. The molecular weight excluding hydrogens is 422 g/mol. The number of ether oxygens (including phenoxy) is 1. The number of methoxy groups -OCH3 is 1. The summed E-state index contributed by atoms with van der Waals surface area (Å²) in [7, 11) is 3.90. The highest BCUT2D eigenvalue weighted by atomic mass is 16.5. The Labute approximate surface area is 203 Å². The fraction of sp³-hybridized carbons (Fsp3) is 0.500. The topological polar surface area (TPSA) is 62.3 Å². The lowest BCUT2D eigenvalue weighted by Crippen LogP contribution is -2.40. The highest BCUT2D eigenvalue weighted by molar-refractivity contribution is 5.92. The number of hydrogen-bond donors (Lipinski definition) is 2. The summed E-state index contributed by atoms with van der Waals surface area (Å²) in [5, 5.41) is 8.77. The molecule has 1 aromatic heterocycles. The minimum atomic E-state index is 0.344. The fourth-order valence-electron chi connectivity index (χ4n) is 5.11. The molecule has 2 aromatic carbocycles. The van der Waals surface area contributed by atoms with Gasteiger partial charge in [0.15, 0.2) is 0 Å². The Bertz CT molecular complexity index is 1130. The zero-order chi connectivity index (χ0) is 23.5. The molecule has 0 saturated heterocycles. The van der Waals surface area contributed by atoms with E-state index in [1.54, 1.807) is 7.11 Å². The van der Waals surface area contributed by atoms with E-state index in [0.29, 0.717) is 18.0 Å². The van der Waals surface area contributed by atoms with Crippen molar-refractivity contribution in [2.24, 2.45) is 0 Å². The van der Waals surface area contributed by atoms with Crippen molar-refractivity contribution >= 4 is 22.4 Å². The predicted molar refractivity (Wildman–Crippen MR) is 140 cm³/mol. The standard InChI is InChI=1S/C28H37N5O/c1-4-16-33(2)21-14-15-23-22(17-21)28(32-27(30-23)19-12-13-19)31-25-10-7-9-24(25)29-18-20-8-5-6-11-26(20)34-3/h5-6,8,11,14-15,17,19,24-25,29H,4,7,9-10,12-13,16,18H2,1-3H3,(H,30,31,32). The van der Waals surface area contributed by atoms with Crippen LogP contribution in [0.4, 0.5) is 11.5 Å². The van der Waals surface area contributed by atoms with Crippen molar-refractivity contribution in [3.63, 3.8) is 0 Å². The van der Waals surface area contributed by atoms with Gasteiger partial charge in [0.2, 0.25) is 0 Å². The molecule has 0 spiro atoms. The van der Waals surface area contributed by atoms with Gasteiger partial charge in [0.05, 0.1) is 12.6 Å². The van der Waals surface area contributed by atoms with E-state index in [-0.39, 0.29) is 0 Å². The molecular formula is C28H37N5O. The molecule has 2 aliphatic rings. The smallest absolute Gasteiger partial charge is 0.137 e. The maximum atomic E-state index is 5.54. The molecule has 6 nitrogen and oxygen atoms in total. The van der Waals surface area contributed by atoms with E-state index in [1.807, 2.05) is 12.1 Å². The van der Waals surface area contributed by atoms with E-state index in [4.69, 9.17) is 14.7 Å². The summed E-state index contributed by atoms with van der Waals surface area (Å²) < 4.78 is 5.54. The molecule has 0 radical (unpaired) electrons. The highest BCUT2D eigenvalue weighted by Gasteiger charge is 2.30. The Morgan fingerprint density at radius 1 is 1.03 bits per heavy atom. The molecule has 6 heteroatoms. The first-order chi connectivity index (χ1) is 16.7. The molecule has 2 fully saturated rings. The van der Waals surface area contributed by atoms with Crippen LogP contribution in [0.2, 0.25) is 0 Å². The maximum Gasteiger partial charge on any atom is 0.137 e. The fourth-order valence-corrected chi connectivity index (χ4v) is 5.11. The molecule has 1 heterocycles. The first-order valence-electron chi connectivity index (χ1n) is 12.8. The predicted octanol–water partition coefficient (Wildman–Crippen LogP) is 5.48. The lowest BCUT2D eigenvalue weighted by molar-refractivity contribution is 0.403. The largest absolute Gasteiger partial charge is 0.496 e. The lowest BCUT2D eigenvalue weighted by atomic mass is 10.1. The maximum absolute atomic E-state index is 5.54. The number of fused-ring (bicyclic) bond motifs is 1. The van der Waals surface area contributed by atoms with Crippen LogP contribution in [0.1, 0.15) is 62.8 Å². The summed E-state index contributed by atoms with van der Waals surface area (Å²) in [6.45, 7) is 4.05. The Hall–Kier alpha value is -2.86. The first kappa shape index (κ1) is 22.9. The van der Waals surface area contributed by atoms with Crippen LogP contribution in [-0.4, -0.2) is 42.8 Å². The second-order valence-corrected chi connectivity index (χ2v) is 9.81. The average Bonchev–Trinajstić information content (AvgIpc) is 3.63. The van der Waals surface area contributed by atoms with Gasteiger partial charge < -0.3 is 20.3 Å². The summed E-state index contributed by atoms with van der Waals surface area (Å²) in [5.41, 5.74) is 3.46. The van der Waals surface area contributed by atoms with Crippen LogP contribution >= 0.6 is 0 Å². The Morgan fingerprint density at radius 2 is 1.85 bits per heavy atom. The third-order valence-corrected chi connectivity index (χ3v) is 7.22. The van der Waals surface area contributed by atoms with Crippen LogP contribution in [0, 0.1) is 0 Å². The third-order valence-electron chi connectivity index (χ3n) is 7.22. The van der Waals surface area contributed by atoms with Crippen molar-refractivity contribution in [2.45, 2.75) is 70.0 Å². The molecule has 2 unspecified atom stereocenters. The normalized spacial score (nSPS) is 20.0. The molecule has 2 N–H and O–H groups in total. The number of rotatable bonds is 10. The molecule has 180 valence electrons. The summed E-state index contributed by atoms with van der Waals surface area (Å²) in [5.74, 6) is 3.46. The Morgan fingerprint density at radius 3 is 2.65 bits per heavy atom. The van der Waals surface area contributed by atoms with Crippen LogP contribution in [0.25, 0.3) is 10.9 Å². The molecule has 0 amide bonds. The summed E-state index contributed by atoms with van der Waals surface area (Å²) in [6.07, 6.45) is 7.05. The third kappa shape index (κ3) is 4.97. The van der Waals surface area contributed by atoms with Gasteiger partial charge in [-0.1, -0.05) is 25.1 Å². The number of anilines is 2. The van der Waals surface area contributed by atoms with E-state index in [0.717, 1.165) is 60.6 Å². The lowest BCUT2D eigenvalue weighted by Gasteiger charge is -2.25. The van der Waals surface area contributed by atoms with Crippen molar-refractivity contribution in [3.05, 3.63) is 53.9 Å². The van der Waals surface area contributed by atoms with Gasteiger partial charge >= 0.3 is 0 Å². The van der Waals surface area contributed by atoms with Gasteiger partial charge in [-0.15, -0.1) is 0 Å². The zero-order valence-corrected chi connectivity index (χ0v) is 20.7. The summed E-state index contributed by atoms with van der Waals surface area (Å²) in [6, 6.07) is 15.6. The van der Waals surface area contributed by atoms with Crippen molar-refractivity contribution in [3.8, 4) is 5.75 Å². The molecule has 2 saturated carbocycles. The molecule has 34 heavy (non-hydrogen) atoms. The van der Waals surface area contributed by atoms with Gasteiger partial charge in [-0.3, -0.25) is 0 Å². The van der Waals surface area contributed by atoms with Crippen molar-refractivity contribution < 1.29 is 4.74 Å². The number of nitrogens with one attached hydrogen (secondary N) is 2. The van der Waals surface area contributed by atoms with Crippen molar-refractivity contribution in [1.82, 2.24) is 15.3 Å². The van der Waals surface area contributed by atoms with Gasteiger partial charge in [-0.05, 0) is 62.8 Å². The Balaban J connectivity index is 1.39. The van der Waals surface area contributed by atoms with Crippen LogP contribution in [0.15, 0.2) is 42.5 Å². The van der Waals surface area contributed by atoms with Gasteiger partial charge in [-0.2, -0.15) is 0 Å². The van der Waals surface area contributed by atoms with Gasteiger partial charge in [-0.25, -0.2) is 9.97 Å². The Kier molecular flexibility index (Phi) is 6.86. The second kappa shape index (κ2) is 10.2. The van der Waals surface area contributed by atoms with Gasteiger partial charge in [0, 0.05) is 54.8 Å². The molecule has 2 atom stereocenters. The van der Waals surface area contributed by atoms with Crippen molar-refractivity contribution in [1.29, 1.82) is 0 Å². The number of para-hydroxylation sites is 1. The molecule has 5 rings (SSSR count). The molecule has 0 bridgehead atoms. The monoisotopic (exact) mass is 459 g/mol. The molecule has 3 aromatic rings. The number of benzene rings is 2. The quantitative estimate of drug-likeness (QED) is 0.418. The SMILES string of the molecule is CCCN(C)c1ccc2nc(C3CC3)nc(NC3CCCC3NCc3ccccc3OC)c2c1. The number of hydrogen-bond acceptors (Lipinski definition) is 6. The second-order valence-electron chi connectivity index (χ2n) is 9.81. The van der Waals surface area contributed by atoms with Crippen LogP contribution in [0.5, 0.6) is 5.75 Å². The van der Waals surface area contributed by atoms with E-state index < -0.39 is 0 Å². The van der Waals surface area contributed by atoms with E-state index in [1.165, 1.54) is 30.5 Å². The van der Waals surface area contributed by atoms with Crippen LogP contribution in [0.3, 0.4) is 0 Å². The van der Waals surface area contributed by atoms with E-state index in [2.05, 4.69) is 59.8 Å². The van der Waals surface area contributed by atoms with E-state index >= 15 is 0 Å². The minimum absolute atomic E-state index is 0.344. The van der Waals surface area contributed by atoms with Crippen molar-refractivity contribution in [2.75, 3.05) is 30.9 Å². The minimum Gasteiger partial charge on any atom is -0.496 e. The summed E-state index contributed by atoms with van der Waals surface area (Å²) >= 11 is 0. The van der Waals surface area contributed by atoms with E-state index in [9.17, 15) is 0 Å². The molecule has 2 aliphatic carbocycles. The van der Waals surface area contributed by atoms with Crippen LogP contribution in [-0.2, 0) is 6.54 Å². The highest BCUT2D eigenvalue weighted by Crippen LogP contribution is 2.40. The average molecular weight is 460 g/mol. The number of aromatic nitrogens is 2. The summed E-state index contributed by atoms with van der Waals surface area (Å²) in [4.78, 5) is 12.3. The number of nitrogens with zero attached hydrogens (tertiary/aromatic N) is 3. The van der Waals surface area contributed by atoms with Gasteiger partial charge in [0.25, 0.3) is 0 Å². The molecule has 0 aliphatic heterocycles.